The Bertz CT molecular complexity index is 1140. The molecule has 4 aromatic rings. The molecule has 0 fully saturated rings. The van der Waals surface area contributed by atoms with E-state index < -0.39 is 0 Å². The third-order valence-electron chi connectivity index (χ3n) is 4.91. The smallest absolute Gasteiger partial charge is 0.240 e. The van der Waals surface area contributed by atoms with Crippen molar-refractivity contribution >= 4 is 40.0 Å². The van der Waals surface area contributed by atoms with Crippen molar-refractivity contribution in [1.82, 2.24) is 19.9 Å². The van der Waals surface area contributed by atoms with Gasteiger partial charge in [-0.15, -0.1) is 23.1 Å². The normalized spacial score (nSPS) is 16.1. The summed E-state index contributed by atoms with van der Waals surface area (Å²) in [5, 5.41) is 5.19. The molecule has 28 heavy (non-hydrogen) atoms. The number of benzene rings is 2. The topological polar surface area (TPSA) is 59.8 Å². The maximum absolute atomic E-state index is 13.0. The van der Waals surface area contributed by atoms with Crippen LogP contribution in [0.25, 0.3) is 22.6 Å². The lowest BCUT2D eigenvalue weighted by molar-refractivity contribution is -0.122. The van der Waals surface area contributed by atoms with Crippen LogP contribution in [0.5, 0.6) is 0 Å². The van der Waals surface area contributed by atoms with Crippen molar-refractivity contribution < 1.29 is 4.79 Å². The Balaban J connectivity index is 1.45. The first kappa shape index (κ1) is 17.5. The lowest BCUT2D eigenvalue weighted by Crippen LogP contribution is -2.33. The van der Waals surface area contributed by atoms with Crippen LogP contribution < -0.4 is 5.32 Å². The molecule has 1 atom stereocenters. The molecule has 1 aliphatic rings. The number of imidazole rings is 1. The van der Waals surface area contributed by atoms with E-state index in [-0.39, 0.29) is 18.5 Å². The molecule has 5 rings (SSSR count). The van der Waals surface area contributed by atoms with Crippen LogP contribution in [0.2, 0.25) is 0 Å². The van der Waals surface area contributed by atoms with Crippen LogP contribution in [0.15, 0.2) is 64.3 Å². The third kappa shape index (κ3) is 3.21. The lowest BCUT2D eigenvalue weighted by Gasteiger charge is -2.26. The molecule has 0 saturated heterocycles. The van der Waals surface area contributed by atoms with Crippen LogP contribution in [0.1, 0.15) is 18.0 Å². The highest BCUT2D eigenvalue weighted by atomic mass is 32.2. The van der Waals surface area contributed by atoms with Gasteiger partial charge in [-0.3, -0.25) is 4.79 Å². The van der Waals surface area contributed by atoms with Crippen molar-refractivity contribution in [3.63, 3.8) is 0 Å². The number of amides is 1. The Hall–Kier alpha value is -2.64. The van der Waals surface area contributed by atoms with Crippen molar-refractivity contribution in [1.29, 1.82) is 0 Å². The number of para-hydroxylation sites is 2. The summed E-state index contributed by atoms with van der Waals surface area (Å²) in [5.41, 5.74) is 5.61. The number of carbonyl (C=O) groups excluding carboxylic acids is 1. The summed E-state index contributed by atoms with van der Waals surface area (Å²) in [6, 6.07) is 16.3. The molecule has 1 aliphatic heterocycles. The summed E-state index contributed by atoms with van der Waals surface area (Å²) in [4.78, 5) is 23.3. The second-order valence-electron chi connectivity index (χ2n) is 6.68. The first-order chi connectivity index (χ1) is 13.8. The Labute approximate surface area is 170 Å². The average Bonchev–Trinajstić information content (AvgIpc) is 3.37. The quantitative estimate of drug-likeness (QED) is 0.542. The zero-order valence-corrected chi connectivity index (χ0v) is 16.7. The minimum atomic E-state index is -0.00802. The van der Waals surface area contributed by atoms with Gasteiger partial charge in [-0.2, -0.15) is 0 Å². The van der Waals surface area contributed by atoms with Crippen LogP contribution in [0.4, 0.5) is 0 Å². The molecule has 2 aromatic heterocycles. The van der Waals surface area contributed by atoms with Crippen molar-refractivity contribution in [2.75, 3.05) is 5.75 Å². The number of thioether (sulfide) groups is 1. The van der Waals surface area contributed by atoms with Gasteiger partial charge < -0.3 is 9.88 Å². The fourth-order valence-electron chi connectivity index (χ4n) is 3.63. The minimum Gasteiger partial charge on any atom is -0.348 e. The van der Waals surface area contributed by atoms with Gasteiger partial charge in [0.1, 0.15) is 12.2 Å². The van der Waals surface area contributed by atoms with Gasteiger partial charge in [-0.25, -0.2) is 9.97 Å². The highest BCUT2D eigenvalue weighted by Crippen LogP contribution is 2.35. The number of thiazole rings is 1. The van der Waals surface area contributed by atoms with E-state index in [1.165, 1.54) is 21.8 Å². The zero-order valence-electron chi connectivity index (χ0n) is 15.0. The number of carbonyl (C=O) groups is 1. The zero-order chi connectivity index (χ0) is 18.9. The van der Waals surface area contributed by atoms with Gasteiger partial charge in [0.25, 0.3) is 0 Å². The fraction of sp³-hybridized carbons (Fsp3) is 0.190. The molecule has 3 heterocycles. The Kier molecular flexibility index (Phi) is 4.62. The van der Waals surface area contributed by atoms with E-state index in [0.29, 0.717) is 0 Å². The van der Waals surface area contributed by atoms with Gasteiger partial charge in [-0.1, -0.05) is 30.3 Å². The number of hydrogen-bond acceptors (Lipinski definition) is 5. The summed E-state index contributed by atoms with van der Waals surface area (Å²) in [6.07, 6.45) is 0.942. The van der Waals surface area contributed by atoms with E-state index in [2.05, 4.69) is 22.4 Å². The van der Waals surface area contributed by atoms with E-state index in [0.717, 1.165) is 34.7 Å². The monoisotopic (exact) mass is 406 g/mol. The van der Waals surface area contributed by atoms with E-state index in [1.54, 1.807) is 5.51 Å². The number of nitrogens with zero attached hydrogens (tertiary/aromatic N) is 3. The molecule has 1 amide bonds. The van der Waals surface area contributed by atoms with Gasteiger partial charge in [0.15, 0.2) is 5.82 Å². The summed E-state index contributed by atoms with van der Waals surface area (Å²) >= 11 is 3.38. The Morgan fingerprint density at radius 1 is 1.18 bits per heavy atom. The van der Waals surface area contributed by atoms with Crippen molar-refractivity contribution in [3.8, 4) is 11.5 Å². The number of hydrogen-bond donors (Lipinski definition) is 1. The van der Waals surface area contributed by atoms with Crippen molar-refractivity contribution in [3.05, 3.63) is 65.0 Å². The van der Waals surface area contributed by atoms with Gasteiger partial charge in [0, 0.05) is 16.0 Å². The molecule has 140 valence electrons. The fourth-order valence-corrected chi connectivity index (χ4v) is 5.29. The van der Waals surface area contributed by atoms with Crippen LogP contribution >= 0.6 is 23.1 Å². The Morgan fingerprint density at radius 3 is 2.93 bits per heavy atom. The molecular formula is C21H18N4OS2. The molecule has 0 unspecified atom stereocenters. The minimum absolute atomic E-state index is 0.00802. The van der Waals surface area contributed by atoms with Crippen LogP contribution in [-0.2, 0) is 11.3 Å². The summed E-state index contributed by atoms with van der Waals surface area (Å²) < 4.78 is 1.96. The SMILES string of the molecule is O=C(Cn1c(-c2cscn2)nc2ccccc21)N[C@@H]1CCSc2ccccc21. The molecule has 7 heteroatoms. The van der Waals surface area contributed by atoms with Gasteiger partial charge in [0.2, 0.25) is 5.91 Å². The van der Waals surface area contributed by atoms with Crippen LogP contribution in [0.3, 0.4) is 0 Å². The maximum Gasteiger partial charge on any atom is 0.240 e. The number of fused-ring (bicyclic) bond motifs is 2. The second-order valence-corrected chi connectivity index (χ2v) is 8.53. The largest absolute Gasteiger partial charge is 0.348 e. The number of nitrogens with one attached hydrogen (secondary N) is 1. The highest BCUT2D eigenvalue weighted by molar-refractivity contribution is 7.99. The highest BCUT2D eigenvalue weighted by Gasteiger charge is 2.23. The van der Waals surface area contributed by atoms with E-state index in [4.69, 9.17) is 4.98 Å². The standard InChI is InChI=1S/C21H18N4OS2/c26-20(23-15-9-10-28-19-8-4-1-5-14(15)19)11-25-18-7-3-2-6-16(18)24-21(25)17-12-27-13-22-17/h1-8,12-13,15H,9-11H2,(H,23,26)/t15-/m1/s1. The first-order valence-corrected chi connectivity index (χ1v) is 11.1. The molecule has 2 aromatic carbocycles. The molecule has 0 radical (unpaired) electrons. The van der Waals surface area contributed by atoms with E-state index in [9.17, 15) is 4.79 Å². The summed E-state index contributed by atoms with van der Waals surface area (Å²) in [7, 11) is 0. The van der Waals surface area contributed by atoms with Gasteiger partial charge >= 0.3 is 0 Å². The van der Waals surface area contributed by atoms with E-state index in [1.807, 2.05) is 58.1 Å². The molecule has 0 bridgehead atoms. The third-order valence-corrected chi connectivity index (χ3v) is 6.62. The van der Waals surface area contributed by atoms with Gasteiger partial charge in [0.05, 0.1) is 22.6 Å². The molecule has 0 spiro atoms. The molecule has 1 N–H and O–H groups in total. The lowest BCUT2D eigenvalue weighted by atomic mass is 10.0. The summed E-state index contributed by atoms with van der Waals surface area (Å²) in [5.74, 6) is 1.74. The second kappa shape index (κ2) is 7.41. The summed E-state index contributed by atoms with van der Waals surface area (Å²) in [6.45, 7) is 0.221. The van der Waals surface area contributed by atoms with Crippen LogP contribution in [0, 0.1) is 0 Å². The first-order valence-electron chi connectivity index (χ1n) is 9.14. The predicted molar refractivity (Wildman–Crippen MR) is 114 cm³/mol. The molecule has 0 aliphatic carbocycles. The average molecular weight is 407 g/mol. The number of aromatic nitrogens is 3. The maximum atomic E-state index is 13.0. The molecule has 0 saturated carbocycles. The molecular weight excluding hydrogens is 388 g/mol. The van der Waals surface area contributed by atoms with Crippen LogP contribution in [-0.4, -0.2) is 26.2 Å². The van der Waals surface area contributed by atoms with Crippen molar-refractivity contribution in [2.24, 2.45) is 0 Å². The molecule has 5 nitrogen and oxygen atoms in total. The van der Waals surface area contributed by atoms with E-state index >= 15 is 0 Å². The van der Waals surface area contributed by atoms with Crippen molar-refractivity contribution in [2.45, 2.75) is 23.9 Å². The predicted octanol–water partition coefficient (Wildman–Crippen LogP) is 4.51. The Morgan fingerprint density at radius 2 is 2.04 bits per heavy atom. The number of rotatable bonds is 4. The van der Waals surface area contributed by atoms with Gasteiger partial charge in [-0.05, 0) is 30.2 Å².